The molecule has 1 aliphatic heterocycles. The Morgan fingerprint density at radius 1 is 1.79 bits per heavy atom. The normalized spacial score (nSPS) is 23.9. The monoisotopic (exact) mass is 200 g/mol. The van der Waals surface area contributed by atoms with E-state index in [1.807, 2.05) is 0 Å². The third kappa shape index (κ3) is 2.70. The first-order chi connectivity index (χ1) is 6.65. The Kier molecular flexibility index (Phi) is 3.88. The van der Waals surface area contributed by atoms with Crippen molar-refractivity contribution in [3.05, 3.63) is 0 Å². The molecule has 5 heteroatoms. The Hall–Kier alpha value is -1.10. The summed E-state index contributed by atoms with van der Waals surface area (Å²) < 4.78 is 4.49. The van der Waals surface area contributed by atoms with Crippen molar-refractivity contribution >= 4 is 11.9 Å². The topological polar surface area (TPSA) is 81.4 Å². The Balaban J connectivity index is 2.42. The quantitative estimate of drug-likeness (QED) is 0.596. The lowest BCUT2D eigenvalue weighted by Gasteiger charge is -2.23. The highest BCUT2D eigenvalue weighted by Crippen LogP contribution is 2.16. The van der Waals surface area contributed by atoms with Crippen LogP contribution in [-0.2, 0) is 14.3 Å². The van der Waals surface area contributed by atoms with Crippen molar-refractivity contribution in [2.45, 2.75) is 25.3 Å². The summed E-state index contributed by atoms with van der Waals surface area (Å²) in [5.41, 5.74) is 5.57. The van der Waals surface area contributed by atoms with Gasteiger partial charge in [0.05, 0.1) is 7.11 Å². The van der Waals surface area contributed by atoms with E-state index in [0.29, 0.717) is 6.42 Å². The fourth-order valence-electron chi connectivity index (χ4n) is 1.61. The zero-order chi connectivity index (χ0) is 10.6. The molecule has 0 aliphatic carbocycles. The molecule has 1 fully saturated rings. The van der Waals surface area contributed by atoms with Crippen LogP contribution in [0.15, 0.2) is 0 Å². The number of hydrogen-bond acceptors (Lipinski definition) is 4. The summed E-state index contributed by atoms with van der Waals surface area (Å²) in [4.78, 5) is 22.3. The number of amides is 1. The third-order valence-corrected chi connectivity index (χ3v) is 2.44. The van der Waals surface area contributed by atoms with Gasteiger partial charge in [0.1, 0.15) is 6.04 Å². The first kappa shape index (κ1) is 11.0. The number of piperidine rings is 1. The van der Waals surface area contributed by atoms with Gasteiger partial charge in [-0.25, -0.2) is 0 Å². The van der Waals surface area contributed by atoms with E-state index in [1.54, 1.807) is 0 Å². The van der Waals surface area contributed by atoms with Crippen molar-refractivity contribution in [3.63, 3.8) is 0 Å². The molecule has 5 nitrogen and oxygen atoms in total. The molecule has 1 heterocycles. The molecule has 3 N–H and O–H groups in total. The molecule has 0 aromatic carbocycles. The smallest absolute Gasteiger partial charge is 0.322 e. The van der Waals surface area contributed by atoms with Crippen LogP contribution in [0.4, 0.5) is 0 Å². The first-order valence-electron chi connectivity index (χ1n) is 4.76. The predicted octanol–water partition coefficient (Wildman–Crippen LogP) is -0.597. The summed E-state index contributed by atoms with van der Waals surface area (Å²) in [7, 11) is 1.29. The van der Waals surface area contributed by atoms with E-state index in [9.17, 15) is 9.59 Å². The van der Waals surface area contributed by atoms with Gasteiger partial charge in [0, 0.05) is 12.5 Å². The van der Waals surface area contributed by atoms with Crippen LogP contribution in [0.25, 0.3) is 0 Å². The van der Waals surface area contributed by atoms with Crippen LogP contribution in [-0.4, -0.2) is 31.6 Å². The van der Waals surface area contributed by atoms with Crippen molar-refractivity contribution in [3.8, 4) is 0 Å². The molecule has 0 saturated carbocycles. The van der Waals surface area contributed by atoms with E-state index < -0.39 is 12.0 Å². The predicted molar refractivity (Wildman–Crippen MR) is 50.3 cm³/mol. The average molecular weight is 200 g/mol. The molecule has 2 unspecified atom stereocenters. The van der Waals surface area contributed by atoms with Gasteiger partial charge in [-0.2, -0.15) is 0 Å². The van der Waals surface area contributed by atoms with Gasteiger partial charge in [-0.1, -0.05) is 0 Å². The Morgan fingerprint density at radius 2 is 2.50 bits per heavy atom. The SMILES string of the molecule is COC(=O)C(N)CC1CCCNC1=O. The van der Waals surface area contributed by atoms with E-state index in [0.717, 1.165) is 19.4 Å². The van der Waals surface area contributed by atoms with Gasteiger partial charge in [-0.05, 0) is 19.3 Å². The minimum absolute atomic E-state index is 0.00407. The van der Waals surface area contributed by atoms with Crippen molar-refractivity contribution in [2.24, 2.45) is 11.7 Å². The Bertz CT molecular complexity index is 230. The lowest BCUT2D eigenvalue weighted by Crippen LogP contribution is -2.42. The molecule has 2 atom stereocenters. The summed E-state index contributed by atoms with van der Waals surface area (Å²) in [6, 6.07) is -0.686. The van der Waals surface area contributed by atoms with Crippen molar-refractivity contribution < 1.29 is 14.3 Å². The number of carbonyl (C=O) groups is 2. The number of nitrogens with two attached hydrogens (primary N) is 1. The average Bonchev–Trinajstić information content (AvgIpc) is 2.20. The molecule has 14 heavy (non-hydrogen) atoms. The van der Waals surface area contributed by atoms with E-state index in [1.165, 1.54) is 7.11 Å². The van der Waals surface area contributed by atoms with Crippen molar-refractivity contribution in [1.82, 2.24) is 5.32 Å². The lowest BCUT2D eigenvalue weighted by atomic mass is 9.92. The number of carbonyl (C=O) groups excluding carboxylic acids is 2. The fourth-order valence-corrected chi connectivity index (χ4v) is 1.61. The van der Waals surface area contributed by atoms with Crippen LogP contribution >= 0.6 is 0 Å². The van der Waals surface area contributed by atoms with Crippen molar-refractivity contribution in [2.75, 3.05) is 13.7 Å². The number of rotatable bonds is 3. The summed E-state index contributed by atoms with van der Waals surface area (Å²) in [5, 5.41) is 2.75. The number of methoxy groups -OCH3 is 1. The van der Waals surface area contributed by atoms with Gasteiger partial charge >= 0.3 is 5.97 Å². The minimum atomic E-state index is -0.686. The summed E-state index contributed by atoms with van der Waals surface area (Å²) in [5.74, 6) is -0.600. The van der Waals surface area contributed by atoms with Crippen LogP contribution in [0.2, 0.25) is 0 Å². The second-order valence-corrected chi connectivity index (χ2v) is 3.50. The molecule has 0 bridgehead atoms. The van der Waals surface area contributed by atoms with Crippen LogP contribution < -0.4 is 11.1 Å². The zero-order valence-electron chi connectivity index (χ0n) is 8.29. The van der Waals surface area contributed by atoms with Crippen molar-refractivity contribution in [1.29, 1.82) is 0 Å². The number of nitrogens with one attached hydrogen (secondary N) is 1. The summed E-state index contributed by atoms with van der Waals surface area (Å²) in [6.07, 6.45) is 2.12. The van der Waals surface area contributed by atoms with E-state index in [2.05, 4.69) is 10.1 Å². The van der Waals surface area contributed by atoms with E-state index in [4.69, 9.17) is 5.73 Å². The van der Waals surface area contributed by atoms with Crippen LogP contribution in [0.5, 0.6) is 0 Å². The molecule has 0 aromatic heterocycles. The minimum Gasteiger partial charge on any atom is -0.468 e. The zero-order valence-corrected chi connectivity index (χ0v) is 8.29. The maximum atomic E-state index is 11.3. The van der Waals surface area contributed by atoms with Crippen LogP contribution in [0.3, 0.4) is 0 Å². The van der Waals surface area contributed by atoms with Crippen LogP contribution in [0.1, 0.15) is 19.3 Å². The lowest BCUT2D eigenvalue weighted by molar-refractivity contribution is -0.142. The number of hydrogen-bond donors (Lipinski definition) is 2. The molecule has 1 aliphatic rings. The summed E-state index contributed by atoms with van der Waals surface area (Å²) >= 11 is 0. The fraction of sp³-hybridized carbons (Fsp3) is 0.778. The van der Waals surface area contributed by atoms with E-state index >= 15 is 0 Å². The molecular formula is C9H16N2O3. The van der Waals surface area contributed by atoms with Gasteiger partial charge in [-0.3, -0.25) is 9.59 Å². The molecule has 80 valence electrons. The Morgan fingerprint density at radius 3 is 3.07 bits per heavy atom. The molecule has 1 saturated heterocycles. The maximum Gasteiger partial charge on any atom is 0.322 e. The highest BCUT2D eigenvalue weighted by atomic mass is 16.5. The first-order valence-corrected chi connectivity index (χ1v) is 4.76. The van der Waals surface area contributed by atoms with Gasteiger partial charge < -0.3 is 15.8 Å². The summed E-state index contributed by atoms with van der Waals surface area (Å²) in [6.45, 7) is 0.725. The largest absolute Gasteiger partial charge is 0.468 e. The molecule has 1 amide bonds. The highest BCUT2D eigenvalue weighted by Gasteiger charge is 2.27. The van der Waals surface area contributed by atoms with E-state index in [-0.39, 0.29) is 11.8 Å². The van der Waals surface area contributed by atoms with Gasteiger partial charge in [-0.15, -0.1) is 0 Å². The number of ether oxygens (including phenoxy) is 1. The molecule has 0 spiro atoms. The van der Waals surface area contributed by atoms with Gasteiger partial charge in [0.15, 0.2) is 0 Å². The van der Waals surface area contributed by atoms with Gasteiger partial charge in [0.25, 0.3) is 0 Å². The van der Waals surface area contributed by atoms with Gasteiger partial charge in [0.2, 0.25) is 5.91 Å². The molecule has 0 radical (unpaired) electrons. The third-order valence-electron chi connectivity index (χ3n) is 2.44. The second-order valence-electron chi connectivity index (χ2n) is 3.50. The maximum absolute atomic E-state index is 11.3. The Labute approximate surface area is 83.0 Å². The van der Waals surface area contributed by atoms with Crippen LogP contribution in [0, 0.1) is 5.92 Å². The highest BCUT2D eigenvalue weighted by molar-refractivity contribution is 5.81. The second kappa shape index (κ2) is 4.95. The molecular weight excluding hydrogens is 184 g/mol. The molecule has 0 aromatic rings. The standard InChI is InChI=1S/C9H16N2O3/c1-14-9(13)7(10)5-6-3-2-4-11-8(6)12/h6-7H,2-5,10H2,1H3,(H,11,12). The molecule has 1 rings (SSSR count). The number of esters is 1.